The number of rotatable bonds is 8. The second-order valence-corrected chi connectivity index (χ2v) is 6.34. The minimum atomic E-state index is -4.82. The first-order valence-corrected chi connectivity index (χ1v) is 8.68. The van der Waals surface area contributed by atoms with Crippen molar-refractivity contribution in [1.82, 2.24) is 5.32 Å². The van der Waals surface area contributed by atoms with Crippen LogP contribution in [-0.4, -0.2) is 32.6 Å². The Morgan fingerprint density at radius 1 is 1.10 bits per heavy atom. The molecule has 0 aliphatic carbocycles. The monoisotopic (exact) mass is 407 g/mol. The molecule has 2 aromatic carbocycles. The number of ether oxygens (including phenoxy) is 1. The Morgan fingerprint density at radius 3 is 2.34 bits per heavy atom. The quantitative estimate of drug-likeness (QED) is 0.413. The summed E-state index contributed by atoms with van der Waals surface area (Å²) in [5, 5.41) is 2.42. The maximum Gasteiger partial charge on any atom is 0.419 e. The average molecular weight is 407 g/mol. The van der Waals surface area contributed by atoms with Crippen LogP contribution in [-0.2, 0) is 17.4 Å². The molecule has 0 spiro atoms. The van der Waals surface area contributed by atoms with Crippen molar-refractivity contribution < 1.29 is 31.9 Å². The minimum absolute atomic E-state index is 0.0559. The zero-order valence-electron chi connectivity index (χ0n) is 15.6. The van der Waals surface area contributed by atoms with E-state index in [1.807, 2.05) is 0 Å². The summed E-state index contributed by atoms with van der Waals surface area (Å²) in [5.41, 5.74) is -0.840. The maximum absolute atomic E-state index is 13.3. The van der Waals surface area contributed by atoms with Gasteiger partial charge in [0, 0.05) is 18.4 Å². The SMILES string of the molecule is [B][C@H](Cc1ccc(F)c(C(F)(F)F)c1)NC(=O)CCC(=O)c1ccc(OC)cc1. The van der Waals surface area contributed by atoms with E-state index in [0.717, 1.165) is 0 Å². The topological polar surface area (TPSA) is 55.4 Å². The normalized spacial score (nSPS) is 12.3. The van der Waals surface area contributed by atoms with Gasteiger partial charge in [-0.05, 0) is 54.3 Å². The zero-order chi connectivity index (χ0) is 21.6. The van der Waals surface area contributed by atoms with Crippen LogP contribution >= 0.6 is 0 Å². The number of amides is 1. The molecule has 2 radical (unpaired) electrons. The molecule has 0 aliphatic rings. The van der Waals surface area contributed by atoms with Crippen LogP contribution < -0.4 is 10.1 Å². The highest BCUT2D eigenvalue weighted by atomic mass is 19.4. The summed E-state index contributed by atoms with van der Waals surface area (Å²) in [7, 11) is 7.25. The van der Waals surface area contributed by atoms with E-state index >= 15 is 0 Å². The third-order valence-corrected chi connectivity index (χ3v) is 4.13. The van der Waals surface area contributed by atoms with E-state index in [1.165, 1.54) is 13.2 Å². The zero-order valence-corrected chi connectivity index (χ0v) is 15.6. The first-order chi connectivity index (χ1) is 13.6. The number of halogens is 4. The fraction of sp³-hybridized carbons (Fsp3) is 0.300. The summed E-state index contributed by atoms with van der Waals surface area (Å²) < 4.78 is 56.6. The lowest BCUT2D eigenvalue weighted by Crippen LogP contribution is -2.36. The van der Waals surface area contributed by atoms with E-state index in [4.69, 9.17) is 12.6 Å². The molecule has 1 atom stereocenters. The van der Waals surface area contributed by atoms with E-state index in [0.29, 0.717) is 23.4 Å². The molecule has 2 aromatic rings. The fourth-order valence-electron chi connectivity index (χ4n) is 2.65. The van der Waals surface area contributed by atoms with Crippen LogP contribution in [0.4, 0.5) is 17.6 Å². The predicted molar refractivity (Wildman–Crippen MR) is 99.3 cm³/mol. The Bertz CT molecular complexity index is 869. The van der Waals surface area contributed by atoms with Gasteiger partial charge in [0.25, 0.3) is 0 Å². The first-order valence-electron chi connectivity index (χ1n) is 8.68. The number of alkyl halides is 3. The Balaban J connectivity index is 1.86. The number of benzene rings is 2. The molecule has 1 N–H and O–H groups in total. The summed E-state index contributed by atoms with van der Waals surface area (Å²) in [6, 6.07) is 8.95. The number of ketones is 1. The molecular weight excluding hydrogens is 389 g/mol. The third kappa shape index (κ3) is 6.62. The first kappa shape index (κ1) is 22.5. The Hall–Kier alpha value is -2.84. The van der Waals surface area contributed by atoms with Crippen LogP contribution in [0.3, 0.4) is 0 Å². The van der Waals surface area contributed by atoms with Crippen LogP contribution in [0, 0.1) is 5.82 Å². The summed E-state index contributed by atoms with van der Waals surface area (Å²) in [6.07, 6.45) is -5.13. The van der Waals surface area contributed by atoms with Gasteiger partial charge in [-0.15, -0.1) is 0 Å². The smallest absolute Gasteiger partial charge is 0.419 e. The van der Waals surface area contributed by atoms with Crippen molar-refractivity contribution in [3.63, 3.8) is 0 Å². The summed E-state index contributed by atoms with van der Waals surface area (Å²) in [5.74, 6) is -2.52. The minimum Gasteiger partial charge on any atom is -0.497 e. The van der Waals surface area contributed by atoms with Crippen LogP contribution in [0.25, 0.3) is 0 Å². The molecule has 152 valence electrons. The van der Waals surface area contributed by atoms with Gasteiger partial charge in [0.15, 0.2) is 5.78 Å². The van der Waals surface area contributed by atoms with Crippen LogP contribution in [0.15, 0.2) is 42.5 Å². The molecule has 0 unspecified atom stereocenters. The van der Waals surface area contributed by atoms with Gasteiger partial charge in [-0.25, -0.2) is 4.39 Å². The molecule has 0 bridgehead atoms. The van der Waals surface area contributed by atoms with Crippen LogP contribution in [0.5, 0.6) is 5.75 Å². The molecule has 0 fully saturated rings. The molecule has 0 saturated heterocycles. The maximum atomic E-state index is 13.3. The Morgan fingerprint density at radius 2 is 1.76 bits per heavy atom. The molecule has 1 amide bonds. The summed E-state index contributed by atoms with van der Waals surface area (Å²) >= 11 is 0. The average Bonchev–Trinajstić information content (AvgIpc) is 2.66. The van der Waals surface area contributed by atoms with Crippen molar-refractivity contribution in [2.75, 3.05) is 7.11 Å². The van der Waals surface area contributed by atoms with Crippen molar-refractivity contribution >= 4 is 19.5 Å². The molecule has 0 aliphatic heterocycles. The number of methoxy groups -OCH3 is 1. The molecule has 0 heterocycles. The lowest BCUT2D eigenvalue weighted by atomic mass is 9.89. The molecular formula is C20H18BF4NO3. The fourth-order valence-corrected chi connectivity index (χ4v) is 2.65. The molecule has 4 nitrogen and oxygen atoms in total. The van der Waals surface area contributed by atoms with Crippen LogP contribution in [0.2, 0.25) is 0 Å². The van der Waals surface area contributed by atoms with Gasteiger partial charge in [-0.3, -0.25) is 9.59 Å². The highest BCUT2D eigenvalue weighted by Gasteiger charge is 2.34. The van der Waals surface area contributed by atoms with E-state index in [-0.39, 0.29) is 30.6 Å². The highest BCUT2D eigenvalue weighted by molar-refractivity contribution is 6.13. The van der Waals surface area contributed by atoms with E-state index < -0.39 is 29.4 Å². The van der Waals surface area contributed by atoms with Crippen molar-refractivity contribution in [2.24, 2.45) is 0 Å². The van der Waals surface area contributed by atoms with Crippen molar-refractivity contribution in [2.45, 2.75) is 31.4 Å². The number of Topliss-reactive ketones (excluding diaryl/α,β-unsaturated/α-hetero) is 1. The van der Waals surface area contributed by atoms with Gasteiger partial charge in [0.1, 0.15) is 11.6 Å². The Labute approximate surface area is 166 Å². The standard InChI is InChI=1S/C20H18BF4NO3/c1-29-14-5-3-13(4-6-14)17(27)8-9-19(28)26-18(21)11-12-2-7-16(22)15(10-12)20(23,24)25/h2-7,10,18H,8-9,11H2,1H3,(H,26,28)/t18-/m0/s1. The molecule has 2 rings (SSSR count). The largest absolute Gasteiger partial charge is 0.497 e. The lowest BCUT2D eigenvalue weighted by Gasteiger charge is -2.16. The number of hydrogen-bond acceptors (Lipinski definition) is 3. The van der Waals surface area contributed by atoms with Gasteiger partial charge in [-0.2, -0.15) is 13.2 Å². The summed E-state index contributed by atoms with van der Waals surface area (Å²) in [4.78, 5) is 24.1. The lowest BCUT2D eigenvalue weighted by molar-refractivity contribution is -0.140. The van der Waals surface area contributed by atoms with Crippen LogP contribution in [0.1, 0.15) is 34.3 Å². The summed E-state index contributed by atoms with van der Waals surface area (Å²) in [6.45, 7) is 0. The molecule has 9 heteroatoms. The van der Waals surface area contributed by atoms with E-state index in [9.17, 15) is 27.2 Å². The third-order valence-electron chi connectivity index (χ3n) is 4.13. The highest BCUT2D eigenvalue weighted by Crippen LogP contribution is 2.32. The van der Waals surface area contributed by atoms with Gasteiger partial charge >= 0.3 is 6.18 Å². The van der Waals surface area contributed by atoms with E-state index in [1.54, 1.807) is 24.3 Å². The number of carbonyl (C=O) groups is 2. The second-order valence-electron chi connectivity index (χ2n) is 6.34. The van der Waals surface area contributed by atoms with Gasteiger partial charge in [0.2, 0.25) is 5.91 Å². The Kier molecular flexibility index (Phi) is 7.42. The second kappa shape index (κ2) is 9.58. The van der Waals surface area contributed by atoms with Crippen molar-refractivity contribution in [3.05, 3.63) is 65.0 Å². The van der Waals surface area contributed by atoms with Gasteiger partial charge in [0.05, 0.1) is 20.5 Å². The van der Waals surface area contributed by atoms with Crippen molar-refractivity contribution in [3.8, 4) is 5.75 Å². The molecule has 0 saturated carbocycles. The van der Waals surface area contributed by atoms with Crippen molar-refractivity contribution in [1.29, 1.82) is 0 Å². The predicted octanol–water partition coefficient (Wildman–Crippen LogP) is 3.67. The van der Waals surface area contributed by atoms with Gasteiger partial charge in [-0.1, -0.05) is 6.07 Å². The number of hydrogen-bond donors (Lipinski definition) is 1. The van der Waals surface area contributed by atoms with Gasteiger partial charge < -0.3 is 10.1 Å². The molecule has 29 heavy (non-hydrogen) atoms. The molecule has 0 aromatic heterocycles. The number of nitrogens with one attached hydrogen (secondary N) is 1. The number of carbonyl (C=O) groups excluding carboxylic acids is 2. The van der Waals surface area contributed by atoms with E-state index in [2.05, 4.69) is 5.32 Å².